The second-order valence-corrected chi connectivity index (χ2v) is 11.7. The Labute approximate surface area is 229 Å². The van der Waals surface area contributed by atoms with E-state index in [1.807, 2.05) is 13.0 Å². The van der Waals surface area contributed by atoms with Crippen molar-refractivity contribution in [1.82, 2.24) is 0 Å². The Kier molecular flexibility index (Phi) is 10.4. The maximum Gasteiger partial charge on any atom is 0.303 e. The van der Waals surface area contributed by atoms with Gasteiger partial charge in [-0.05, 0) is 98.1 Å². The third-order valence-electron chi connectivity index (χ3n) is 9.19. The summed E-state index contributed by atoms with van der Waals surface area (Å²) in [5.41, 5.74) is 6.12. The van der Waals surface area contributed by atoms with Gasteiger partial charge in [0.1, 0.15) is 12.4 Å². The molecule has 5 nitrogen and oxygen atoms in total. The van der Waals surface area contributed by atoms with Crippen molar-refractivity contribution in [2.75, 3.05) is 6.61 Å². The first kappa shape index (κ1) is 30.2. The maximum absolute atomic E-state index is 10.9. The summed E-state index contributed by atoms with van der Waals surface area (Å²) in [5, 5.41) is 29.7. The molecule has 0 saturated heterocycles. The fourth-order valence-corrected chi connectivity index (χ4v) is 6.33. The van der Waals surface area contributed by atoms with E-state index in [0.717, 1.165) is 44.1 Å². The van der Waals surface area contributed by atoms with Crippen molar-refractivity contribution >= 4 is 5.97 Å². The minimum absolute atomic E-state index is 0.0733. The van der Waals surface area contributed by atoms with Crippen LogP contribution in [0.1, 0.15) is 106 Å². The molecular formula is C33H48O5. The Bertz CT molecular complexity index is 1070. The van der Waals surface area contributed by atoms with Gasteiger partial charge in [-0.2, -0.15) is 0 Å². The zero-order valence-corrected chi connectivity index (χ0v) is 24.1. The number of rotatable bonds is 14. The normalized spacial score (nSPS) is 16.8. The molecule has 0 aliphatic heterocycles. The lowest BCUT2D eigenvalue weighted by Crippen LogP contribution is -2.30. The number of aliphatic hydroxyl groups excluding tert-OH is 2. The predicted molar refractivity (Wildman–Crippen MR) is 153 cm³/mol. The van der Waals surface area contributed by atoms with Crippen molar-refractivity contribution < 1.29 is 24.9 Å². The van der Waals surface area contributed by atoms with Crippen LogP contribution >= 0.6 is 0 Å². The number of ether oxygens (including phenoxy) is 1. The van der Waals surface area contributed by atoms with E-state index in [4.69, 9.17) is 9.84 Å². The Morgan fingerprint density at radius 2 is 1.58 bits per heavy atom. The summed E-state index contributed by atoms with van der Waals surface area (Å²) >= 11 is 0. The van der Waals surface area contributed by atoms with Gasteiger partial charge in [0.05, 0.1) is 12.2 Å². The van der Waals surface area contributed by atoms with Gasteiger partial charge in [0, 0.05) is 11.8 Å². The molecule has 0 aromatic heterocycles. The standard InChI is InChI=1S/C33H48O5/c1-6-33(7-2,27-13-15-29(24(4)21-27)38-22-28(34)14-17-31(36)37)26-12-10-25(23(3)20-26)11-16-30(35)32(5)18-8-9-19-32/h10,12-13,15,20-21,28,30,34-35H,6-9,11,14,16-19,22H2,1-5H3,(H,36,37). The first-order valence-corrected chi connectivity index (χ1v) is 14.5. The Balaban J connectivity index is 1.74. The number of aliphatic carboxylic acids is 1. The van der Waals surface area contributed by atoms with E-state index in [0.29, 0.717) is 5.75 Å². The van der Waals surface area contributed by atoms with Crippen LogP contribution in [-0.2, 0) is 16.6 Å². The Morgan fingerprint density at radius 3 is 2.13 bits per heavy atom. The van der Waals surface area contributed by atoms with Gasteiger partial charge in [0.15, 0.2) is 0 Å². The lowest BCUT2D eigenvalue weighted by Gasteiger charge is -2.34. The molecule has 2 aromatic carbocycles. The molecule has 3 N–H and O–H groups in total. The summed E-state index contributed by atoms with van der Waals surface area (Å²) < 4.78 is 5.83. The highest BCUT2D eigenvalue weighted by Gasteiger charge is 2.36. The third-order valence-corrected chi connectivity index (χ3v) is 9.19. The molecule has 2 unspecified atom stereocenters. The van der Waals surface area contributed by atoms with Crippen LogP contribution in [0.25, 0.3) is 0 Å². The quantitative estimate of drug-likeness (QED) is 0.251. The summed E-state index contributed by atoms with van der Waals surface area (Å²) in [6, 6.07) is 13.2. The number of benzene rings is 2. The van der Waals surface area contributed by atoms with Gasteiger partial charge in [-0.1, -0.05) is 63.9 Å². The zero-order chi connectivity index (χ0) is 27.9. The molecule has 0 heterocycles. The second-order valence-electron chi connectivity index (χ2n) is 11.7. The van der Waals surface area contributed by atoms with Crippen LogP contribution < -0.4 is 4.74 Å². The van der Waals surface area contributed by atoms with Gasteiger partial charge in [0.2, 0.25) is 0 Å². The highest BCUT2D eigenvalue weighted by atomic mass is 16.5. The molecule has 1 aliphatic carbocycles. The van der Waals surface area contributed by atoms with E-state index in [-0.39, 0.29) is 36.4 Å². The molecule has 0 spiro atoms. The minimum Gasteiger partial charge on any atom is -0.491 e. The lowest BCUT2D eigenvalue weighted by atomic mass is 9.69. The number of carboxylic acids is 1. The molecule has 3 rings (SSSR count). The molecule has 5 heteroatoms. The van der Waals surface area contributed by atoms with Gasteiger partial charge in [-0.3, -0.25) is 4.79 Å². The Hall–Kier alpha value is -2.37. The SMILES string of the molecule is CCC(CC)(c1ccc(CCC(O)C2(C)CCCC2)c(C)c1)c1ccc(OCC(O)CCC(=O)O)c(C)c1. The highest BCUT2D eigenvalue weighted by molar-refractivity contribution is 5.66. The van der Waals surface area contributed by atoms with Crippen LogP contribution in [0, 0.1) is 19.3 Å². The third kappa shape index (κ3) is 6.98. The number of carbonyl (C=O) groups is 1. The predicted octanol–water partition coefficient (Wildman–Crippen LogP) is 6.89. The molecule has 2 atom stereocenters. The van der Waals surface area contributed by atoms with Crippen LogP contribution in [0.5, 0.6) is 5.75 Å². The van der Waals surface area contributed by atoms with Crippen LogP contribution in [0.4, 0.5) is 0 Å². The number of carboxylic acid groups (broad SMARTS) is 1. The van der Waals surface area contributed by atoms with Crippen molar-refractivity contribution in [1.29, 1.82) is 0 Å². The van der Waals surface area contributed by atoms with E-state index in [9.17, 15) is 15.0 Å². The van der Waals surface area contributed by atoms with Gasteiger partial charge >= 0.3 is 5.97 Å². The number of aliphatic hydroxyl groups is 2. The molecule has 2 aromatic rings. The van der Waals surface area contributed by atoms with Gasteiger partial charge in [-0.25, -0.2) is 0 Å². The topological polar surface area (TPSA) is 87.0 Å². The summed E-state index contributed by atoms with van der Waals surface area (Å²) in [6.45, 7) is 11.0. The largest absolute Gasteiger partial charge is 0.491 e. The fourth-order valence-electron chi connectivity index (χ4n) is 6.33. The summed E-state index contributed by atoms with van der Waals surface area (Å²) in [5.74, 6) is -0.204. The minimum atomic E-state index is -0.917. The van der Waals surface area contributed by atoms with Crippen molar-refractivity contribution in [2.45, 2.75) is 116 Å². The van der Waals surface area contributed by atoms with Crippen LogP contribution in [0.15, 0.2) is 36.4 Å². The molecular weight excluding hydrogens is 476 g/mol. The molecule has 210 valence electrons. The number of aryl methyl sites for hydroxylation is 3. The van der Waals surface area contributed by atoms with E-state index in [1.165, 1.54) is 35.1 Å². The number of hydrogen-bond donors (Lipinski definition) is 3. The van der Waals surface area contributed by atoms with Crippen molar-refractivity contribution in [3.8, 4) is 5.75 Å². The fraction of sp³-hybridized carbons (Fsp3) is 0.606. The average molecular weight is 525 g/mol. The maximum atomic E-state index is 10.9. The van der Waals surface area contributed by atoms with Crippen LogP contribution in [-0.4, -0.2) is 40.1 Å². The van der Waals surface area contributed by atoms with E-state index in [1.54, 1.807) is 0 Å². The smallest absolute Gasteiger partial charge is 0.303 e. The van der Waals surface area contributed by atoms with Gasteiger partial charge in [0.25, 0.3) is 0 Å². The van der Waals surface area contributed by atoms with Crippen LogP contribution in [0.3, 0.4) is 0 Å². The summed E-state index contributed by atoms with van der Waals surface area (Å²) in [6.07, 6.45) is 7.44. The zero-order valence-electron chi connectivity index (χ0n) is 24.1. The number of hydrogen-bond acceptors (Lipinski definition) is 4. The lowest BCUT2D eigenvalue weighted by molar-refractivity contribution is -0.137. The molecule has 1 aliphatic rings. The average Bonchev–Trinajstić information content (AvgIpc) is 3.35. The highest BCUT2D eigenvalue weighted by Crippen LogP contribution is 2.43. The first-order valence-electron chi connectivity index (χ1n) is 14.5. The van der Waals surface area contributed by atoms with Crippen molar-refractivity contribution in [2.24, 2.45) is 5.41 Å². The van der Waals surface area contributed by atoms with Gasteiger partial charge < -0.3 is 20.1 Å². The second kappa shape index (κ2) is 13.1. The van der Waals surface area contributed by atoms with Crippen LogP contribution in [0.2, 0.25) is 0 Å². The molecule has 1 fully saturated rings. The monoisotopic (exact) mass is 524 g/mol. The first-order chi connectivity index (χ1) is 18.0. The van der Waals surface area contributed by atoms with E-state index in [2.05, 4.69) is 58.0 Å². The van der Waals surface area contributed by atoms with Gasteiger partial charge in [-0.15, -0.1) is 0 Å². The van der Waals surface area contributed by atoms with E-state index >= 15 is 0 Å². The Morgan fingerprint density at radius 1 is 0.974 bits per heavy atom. The summed E-state index contributed by atoms with van der Waals surface area (Å²) in [7, 11) is 0. The van der Waals surface area contributed by atoms with E-state index < -0.39 is 12.1 Å². The molecule has 0 bridgehead atoms. The molecule has 1 saturated carbocycles. The molecule has 0 radical (unpaired) electrons. The summed E-state index contributed by atoms with van der Waals surface area (Å²) in [4.78, 5) is 10.7. The molecule has 38 heavy (non-hydrogen) atoms. The van der Waals surface area contributed by atoms with Crippen molar-refractivity contribution in [3.05, 3.63) is 64.2 Å². The molecule has 0 amide bonds. The van der Waals surface area contributed by atoms with Crippen molar-refractivity contribution in [3.63, 3.8) is 0 Å².